The lowest BCUT2D eigenvalue weighted by Gasteiger charge is -2.26. The number of ether oxygens (including phenoxy) is 2. The van der Waals surface area contributed by atoms with E-state index in [0.717, 1.165) is 48.3 Å². The van der Waals surface area contributed by atoms with Gasteiger partial charge in [0.15, 0.2) is 0 Å². The van der Waals surface area contributed by atoms with Crippen molar-refractivity contribution in [1.82, 2.24) is 0 Å². The van der Waals surface area contributed by atoms with E-state index in [4.69, 9.17) is 19.5 Å². The zero-order valence-corrected chi connectivity index (χ0v) is 24.3. The largest absolute Gasteiger partial charge is 0.457 e. The monoisotopic (exact) mass is 502 g/mol. The van der Waals surface area contributed by atoms with E-state index in [0.29, 0.717) is 0 Å². The third-order valence-electron chi connectivity index (χ3n) is 7.79. The third-order valence-corrected chi connectivity index (χ3v) is 7.79. The van der Waals surface area contributed by atoms with Crippen LogP contribution in [0.2, 0.25) is 0 Å². The standard InChI is InChI=1S/C33H46N2O2/c1-9-22-15-26(32(3,4)5)17-24-19-34-28-13-11-12-14-29(28)35-20-25-18-27(33(6,7)8)16-23(10-2)31(25)37-21-36-30(22)24/h15-20,28-29H,9-14,21H2,1-8H3. The van der Waals surface area contributed by atoms with Crippen molar-refractivity contribution >= 4 is 12.4 Å². The first kappa shape index (κ1) is 27.4. The molecule has 0 amide bonds. The summed E-state index contributed by atoms with van der Waals surface area (Å²) < 4.78 is 12.8. The Morgan fingerprint density at radius 2 is 1.08 bits per heavy atom. The third kappa shape index (κ3) is 6.27. The summed E-state index contributed by atoms with van der Waals surface area (Å²) in [6.07, 6.45) is 10.4. The summed E-state index contributed by atoms with van der Waals surface area (Å²) in [5.41, 5.74) is 7.17. The molecule has 0 saturated heterocycles. The minimum Gasteiger partial charge on any atom is -0.457 e. The highest BCUT2D eigenvalue weighted by molar-refractivity contribution is 5.86. The number of benzene rings is 2. The van der Waals surface area contributed by atoms with E-state index in [1.165, 1.54) is 35.1 Å². The summed E-state index contributed by atoms with van der Waals surface area (Å²) in [7, 11) is 0. The maximum absolute atomic E-state index is 6.42. The first-order chi connectivity index (χ1) is 17.5. The van der Waals surface area contributed by atoms with Gasteiger partial charge in [0.2, 0.25) is 6.79 Å². The fraction of sp³-hybridized carbons (Fsp3) is 0.576. The molecule has 2 aliphatic rings. The highest BCUT2D eigenvalue weighted by atomic mass is 16.7. The summed E-state index contributed by atoms with van der Waals surface area (Å²) in [6.45, 7) is 18.1. The number of aryl methyl sites for hydroxylation is 2. The molecule has 0 bridgehead atoms. The van der Waals surface area contributed by atoms with E-state index in [1.54, 1.807) is 0 Å². The Morgan fingerprint density at radius 1 is 0.676 bits per heavy atom. The number of hydrogen-bond donors (Lipinski definition) is 0. The summed E-state index contributed by atoms with van der Waals surface area (Å²) in [4.78, 5) is 10.3. The molecular formula is C33H46N2O2. The van der Waals surface area contributed by atoms with E-state index in [2.05, 4.69) is 79.7 Å². The molecule has 1 fully saturated rings. The van der Waals surface area contributed by atoms with Crippen molar-refractivity contribution in [2.45, 2.75) is 117 Å². The van der Waals surface area contributed by atoms with Gasteiger partial charge in [-0.15, -0.1) is 0 Å². The van der Waals surface area contributed by atoms with Gasteiger partial charge in [-0.1, -0.05) is 80.4 Å². The van der Waals surface area contributed by atoms with Gasteiger partial charge in [0, 0.05) is 23.6 Å². The second-order valence-electron chi connectivity index (χ2n) is 12.7. The Balaban J connectivity index is 1.85. The molecule has 0 spiro atoms. The Morgan fingerprint density at radius 3 is 1.43 bits per heavy atom. The lowest BCUT2D eigenvalue weighted by atomic mass is 9.84. The van der Waals surface area contributed by atoms with E-state index < -0.39 is 0 Å². The minimum atomic E-state index is 0.0435. The molecule has 1 saturated carbocycles. The van der Waals surface area contributed by atoms with Crippen LogP contribution in [0.4, 0.5) is 0 Å². The van der Waals surface area contributed by atoms with Gasteiger partial charge >= 0.3 is 0 Å². The van der Waals surface area contributed by atoms with E-state index >= 15 is 0 Å². The van der Waals surface area contributed by atoms with Gasteiger partial charge in [-0.2, -0.15) is 0 Å². The zero-order valence-electron chi connectivity index (χ0n) is 24.3. The fourth-order valence-corrected chi connectivity index (χ4v) is 5.30. The summed E-state index contributed by atoms with van der Waals surface area (Å²) >= 11 is 0. The molecule has 4 heteroatoms. The fourth-order valence-electron chi connectivity index (χ4n) is 5.30. The van der Waals surface area contributed by atoms with Gasteiger partial charge < -0.3 is 9.47 Å². The van der Waals surface area contributed by atoms with Crippen LogP contribution in [0.5, 0.6) is 11.5 Å². The van der Waals surface area contributed by atoms with Crippen LogP contribution in [0.1, 0.15) is 114 Å². The normalized spacial score (nSPS) is 20.3. The van der Waals surface area contributed by atoms with Crippen molar-refractivity contribution in [2.75, 3.05) is 6.79 Å². The maximum Gasteiger partial charge on any atom is 0.230 e. The molecule has 2 aromatic rings. The van der Waals surface area contributed by atoms with Gasteiger partial charge in [0.25, 0.3) is 0 Å². The van der Waals surface area contributed by atoms with Crippen LogP contribution < -0.4 is 9.47 Å². The molecule has 1 heterocycles. The maximum atomic E-state index is 6.42. The van der Waals surface area contributed by atoms with Crippen molar-refractivity contribution < 1.29 is 9.47 Å². The van der Waals surface area contributed by atoms with Crippen LogP contribution in [-0.2, 0) is 23.7 Å². The van der Waals surface area contributed by atoms with Crippen molar-refractivity contribution in [1.29, 1.82) is 0 Å². The number of hydrogen-bond acceptors (Lipinski definition) is 4. The Kier molecular flexibility index (Phi) is 8.16. The minimum absolute atomic E-state index is 0.0435. The number of rotatable bonds is 2. The lowest BCUT2D eigenvalue weighted by molar-refractivity contribution is 0.117. The first-order valence-electron chi connectivity index (χ1n) is 14.2. The van der Waals surface area contributed by atoms with Crippen molar-refractivity contribution in [3.05, 3.63) is 57.6 Å². The van der Waals surface area contributed by atoms with Gasteiger partial charge in [-0.3, -0.25) is 9.98 Å². The van der Waals surface area contributed by atoms with Crippen molar-refractivity contribution in [3.63, 3.8) is 0 Å². The average Bonchev–Trinajstić information content (AvgIpc) is 2.86. The van der Waals surface area contributed by atoms with Crippen LogP contribution in [-0.4, -0.2) is 31.3 Å². The predicted octanol–water partition coefficient (Wildman–Crippen LogP) is 7.98. The molecule has 200 valence electrons. The van der Waals surface area contributed by atoms with Crippen molar-refractivity contribution in [3.8, 4) is 11.5 Å². The van der Waals surface area contributed by atoms with E-state index in [1.807, 2.05) is 12.4 Å². The SMILES string of the molecule is CCc1cc(C(C)(C)C)cc2c1OCOc1c(cc(C(C)(C)C)cc1CC)C=NC1CCCCC1N=C2. The first-order valence-corrected chi connectivity index (χ1v) is 14.2. The van der Waals surface area contributed by atoms with Gasteiger partial charge in [0.05, 0.1) is 12.1 Å². The summed E-state index contributed by atoms with van der Waals surface area (Å²) in [5, 5.41) is 0. The molecule has 1 aliphatic carbocycles. The van der Waals surface area contributed by atoms with Crippen LogP contribution in [0.25, 0.3) is 0 Å². The summed E-state index contributed by atoms with van der Waals surface area (Å²) in [6, 6.07) is 9.45. The van der Waals surface area contributed by atoms with Gasteiger partial charge in [-0.25, -0.2) is 0 Å². The Labute approximate surface area is 224 Å². The van der Waals surface area contributed by atoms with Crippen LogP contribution >= 0.6 is 0 Å². The molecule has 2 atom stereocenters. The van der Waals surface area contributed by atoms with Crippen LogP contribution in [0.3, 0.4) is 0 Å². The van der Waals surface area contributed by atoms with E-state index in [9.17, 15) is 0 Å². The smallest absolute Gasteiger partial charge is 0.230 e. The van der Waals surface area contributed by atoms with Gasteiger partial charge in [0.1, 0.15) is 11.5 Å². The van der Waals surface area contributed by atoms with Crippen molar-refractivity contribution in [2.24, 2.45) is 9.98 Å². The molecule has 4 nitrogen and oxygen atoms in total. The molecule has 4 rings (SSSR count). The molecule has 37 heavy (non-hydrogen) atoms. The highest BCUT2D eigenvalue weighted by Crippen LogP contribution is 2.35. The highest BCUT2D eigenvalue weighted by Gasteiger charge is 2.26. The molecule has 2 aromatic carbocycles. The summed E-state index contributed by atoms with van der Waals surface area (Å²) in [5.74, 6) is 1.77. The van der Waals surface area contributed by atoms with Crippen LogP contribution in [0.15, 0.2) is 34.3 Å². The second-order valence-corrected chi connectivity index (χ2v) is 12.7. The number of nitrogens with zero attached hydrogens (tertiary/aromatic N) is 2. The number of aliphatic imine (C=N–C) groups is 2. The molecule has 0 aromatic heterocycles. The zero-order chi connectivity index (χ0) is 26.8. The van der Waals surface area contributed by atoms with E-state index in [-0.39, 0.29) is 29.7 Å². The molecular weight excluding hydrogens is 456 g/mol. The number of fused-ring (bicyclic) bond motifs is 3. The Bertz CT molecular complexity index is 1070. The van der Waals surface area contributed by atoms with Crippen LogP contribution in [0, 0.1) is 0 Å². The van der Waals surface area contributed by atoms with Gasteiger partial charge in [-0.05, 0) is 70.9 Å². The average molecular weight is 503 g/mol. The second kappa shape index (κ2) is 11.0. The topological polar surface area (TPSA) is 43.2 Å². The molecule has 1 aliphatic heterocycles. The Hall–Kier alpha value is -2.62. The quantitative estimate of drug-likeness (QED) is 0.418. The molecule has 0 radical (unpaired) electrons. The molecule has 2 unspecified atom stereocenters. The lowest BCUT2D eigenvalue weighted by Crippen LogP contribution is -2.27. The predicted molar refractivity (Wildman–Crippen MR) is 156 cm³/mol. The molecule has 0 N–H and O–H groups in total.